The monoisotopic (exact) mass is 296 g/mol. The Morgan fingerprint density at radius 1 is 1.45 bits per heavy atom. The number of hydrogen-bond acceptors (Lipinski definition) is 3. The molecule has 0 aliphatic carbocycles. The van der Waals surface area contributed by atoms with E-state index in [0.717, 1.165) is 36.0 Å². The van der Waals surface area contributed by atoms with Crippen LogP contribution in [0.25, 0.3) is 0 Å². The minimum atomic E-state index is 0.336. The average molecular weight is 297 g/mol. The molecule has 0 saturated carbocycles. The summed E-state index contributed by atoms with van der Waals surface area (Å²) in [5, 5.41) is 4.35. The summed E-state index contributed by atoms with van der Waals surface area (Å²) < 4.78 is 5.53. The number of halogens is 1. The summed E-state index contributed by atoms with van der Waals surface area (Å²) in [6.45, 7) is 5.42. The van der Waals surface area contributed by atoms with E-state index in [0.29, 0.717) is 12.0 Å². The molecule has 1 aliphatic heterocycles. The Hall–Kier alpha value is -0.770. The van der Waals surface area contributed by atoms with Gasteiger partial charge in [0.2, 0.25) is 0 Å². The normalized spacial score (nSPS) is 23.2. The van der Waals surface area contributed by atoms with Gasteiger partial charge in [0.15, 0.2) is 0 Å². The quantitative estimate of drug-likeness (QED) is 0.815. The second-order valence-corrected chi connectivity index (χ2v) is 5.94. The molecule has 0 aromatic heterocycles. The van der Waals surface area contributed by atoms with Crippen LogP contribution in [0.2, 0.25) is 5.02 Å². The minimum Gasteiger partial charge on any atom is -0.496 e. The van der Waals surface area contributed by atoms with Crippen molar-refractivity contribution < 1.29 is 4.74 Å². The summed E-state index contributed by atoms with van der Waals surface area (Å²) >= 11 is 6.45. The first kappa shape index (κ1) is 15.6. The van der Waals surface area contributed by atoms with E-state index < -0.39 is 0 Å². The summed E-state index contributed by atoms with van der Waals surface area (Å²) in [6, 6.07) is 6.25. The third-order valence-corrected chi connectivity index (χ3v) is 4.47. The molecular weight excluding hydrogens is 272 g/mol. The molecule has 1 saturated heterocycles. The zero-order chi connectivity index (χ0) is 14.5. The largest absolute Gasteiger partial charge is 0.496 e. The number of benzene rings is 1. The van der Waals surface area contributed by atoms with Crippen LogP contribution in [0.15, 0.2) is 18.2 Å². The summed E-state index contributed by atoms with van der Waals surface area (Å²) in [7, 11) is 3.89. The smallest absolute Gasteiger partial charge is 0.125 e. The molecule has 0 bridgehead atoms. The van der Waals surface area contributed by atoms with Gasteiger partial charge in [-0.15, -0.1) is 0 Å². The van der Waals surface area contributed by atoms with E-state index in [2.05, 4.69) is 24.2 Å². The molecule has 1 aromatic rings. The Labute approximate surface area is 127 Å². The van der Waals surface area contributed by atoms with E-state index in [1.807, 2.05) is 18.2 Å². The van der Waals surface area contributed by atoms with Gasteiger partial charge in [-0.3, -0.25) is 4.90 Å². The Morgan fingerprint density at radius 3 is 2.95 bits per heavy atom. The van der Waals surface area contributed by atoms with E-state index >= 15 is 0 Å². The van der Waals surface area contributed by atoms with Gasteiger partial charge in [0.1, 0.15) is 5.75 Å². The molecule has 1 heterocycles. The fraction of sp³-hybridized carbons (Fsp3) is 0.625. The Morgan fingerprint density at radius 2 is 2.25 bits per heavy atom. The Balaban J connectivity index is 2.23. The molecule has 0 spiro atoms. The van der Waals surface area contributed by atoms with Crippen LogP contribution in [0.3, 0.4) is 0 Å². The van der Waals surface area contributed by atoms with E-state index in [4.69, 9.17) is 16.3 Å². The first-order valence-corrected chi connectivity index (χ1v) is 7.80. The van der Waals surface area contributed by atoms with Crippen molar-refractivity contribution in [1.82, 2.24) is 10.2 Å². The maximum absolute atomic E-state index is 6.45. The first-order valence-electron chi connectivity index (χ1n) is 7.42. The van der Waals surface area contributed by atoms with Crippen LogP contribution >= 0.6 is 11.6 Å². The van der Waals surface area contributed by atoms with Crippen molar-refractivity contribution in [3.63, 3.8) is 0 Å². The van der Waals surface area contributed by atoms with Crippen molar-refractivity contribution in [1.29, 1.82) is 0 Å². The highest BCUT2D eigenvalue weighted by Gasteiger charge is 2.35. The summed E-state index contributed by atoms with van der Waals surface area (Å²) in [4.78, 5) is 2.39. The number of ether oxygens (including phenoxy) is 1. The molecule has 1 N–H and O–H groups in total. The number of likely N-dealkylation sites (tertiary alicyclic amines) is 1. The highest BCUT2D eigenvalue weighted by molar-refractivity contribution is 6.31. The van der Waals surface area contributed by atoms with Crippen LogP contribution in [-0.4, -0.2) is 38.7 Å². The van der Waals surface area contributed by atoms with Crippen LogP contribution < -0.4 is 10.1 Å². The fourth-order valence-electron chi connectivity index (χ4n) is 3.14. The van der Waals surface area contributed by atoms with E-state index in [9.17, 15) is 0 Å². The second-order valence-electron chi connectivity index (χ2n) is 5.53. The van der Waals surface area contributed by atoms with Gasteiger partial charge in [0, 0.05) is 16.6 Å². The number of nitrogens with zero attached hydrogens (tertiary/aromatic N) is 1. The van der Waals surface area contributed by atoms with Crippen LogP contribution in [0.4, 0.5) is 0 Å². The molecule has 2 rings (SSSR count). The number of nitrogens with one attached hydrogen (secondary N) is 1. The predicted octanol–water partition coefficient (Wildman–Crippen LogP) is 3.34. The van der Waals surface area contributed by atoms with Crippen LogP contribution in [-0.2, 0) is 0 Å². The highest BCUT2D eigenvalue weighted by atomic mass is 35.5. The van der Waals surface area contributed by atoms with Gasteiger partial charge in [-0.25, -0.2) is 0 Å². The summed E-state index contributed by atoms with van der Waals surface area (Å²) in [5.74, 6) is 1.48. The zero-order valence-electron chi connectivity index (χ0n) is 12.7. The van der Waals surface area contributed by atoms with Gasteiger partial charge < -0.3 is 10.1 Å². The van der Waals surface area contributed by atoms with Crippen LogP contribution in [0, 0.1) is 5.92 Å². The van der Waals surface area contributed by atoms with Crippen molar-refractivity contribution in [3.8, 4) is 5.75 Å². The predicted molar refractivity (Wildman–Crippen MR) is 84.6 cm³/mol. The molecule has 20 heavy (non-hydrogen) atoms. The van der Waals surface area contributed by atoms with Gasteiger partial charge in [-0.05, 0) is 57.6 Å². The van der Waals surface area contributed by atoms with Crippen molar-refractivity contribution in [2.75, 3.05) is 33.8 Å². The Bertz CT molecular complexity index is 438. The van der Waals surface area contributed by atoms with Crippen molar-refractivity contribution >= 4 is 11.6 Å². The van der Waals surface area contributed by atoms with Gasteiger partial charge >= 0.3 is 0 Å². The first-order chi connectivity index (χ1) is 9.69. The third kappa shape index (κ3) is 3.27. The molecule has 2 unspecified atom stereocenters. The number of rotatable bonds is 6. The van der Waals surface area contributed by atoms with E-state index in [-0.39, 0.29) is 0 Å². The van der Waals surface area contributed by atoms with Gasteiger partial charge in [-0.1, -0.05) is 24.6 Å². The fourth-order valence-corrected chi connectivity index (χ4v) is 3.42. The standard InChI is InChI=1S/C16H25ClN2O/c1-4-9-18-11-12-8-10-19(2)16(12)15-13(17)6-5-7-14(15)20-3/h5-7,12,16,18H,4,8-11H2,1-3H3. The van der Waals surface area contributed by atoms with Crippen molar-refractivity contribution in [3.05, 3.63) is 28.8 Å². The maximum Gasteiger partial charge on any atom is 0.125 e. The number of hydrogen-bond donors (Lipinski definition) is 1. The lowest BCUT2D eigenvalue weighted by atomic mass is 9.93. The SMILES string of the molecule is CCCNCC1CCN(C)C1c1c(Cl)cccc1OC. The highest BCUT2D eigenvalue weighted by Crippen LogP contribution is 2.43. The third-order valence-electron chi connectivity index (χ3n) is 4.14. The topological polar surface area (TPSA) is 24.5 Å². The lowest BCUT2D eigenvalue weighted by Crippen LogP contribution is -2.29. The Kier molecular flexibility index (Phi) is 5.70. The van der Waals surface area contributed by atoms with Crippen molar-refractivity contribution in [2.45, 2.75) is 25.8 Å². The number of methoxy groups -OCH3 is 1. The van der Waals surface area contributed by atoms with E-state index in [1.165, 1.54) is 12.8 Å². The van der Waals surface area contributed by atoms with Gasteiger partial charge in [0.05, 0.1) is 7.11 Å². The average Bonchev–Trinajstić information content (AvgIpc) is 2.80. The van der Waals surface area contributed by atoms with Crippen molar-refractivity contribution in [2.24, 2.45) is 5.92 Å². The van der Waals surface area contributed by atoms with Gasteiger partial charge in [-0.2, -0.15) is 0 Å². The molecule has 4 heteroatoms. The molecule has 1 aromatic carbocycles. The van der Waals surface area contributed by atoms with E-state index in [1.54, 1.807) is 7.11 Å². The lowest BCUT2D eigenvalue weighted by Gasteiger charge is -2.28. The molecule has 3 nitrogen and oxygen atoms in total. The van der Waals surface area contributed by atoms with Gasteiger partial charge in [0.25, 0.3) is 0 Å². The lowest BCUT2D eigenvalue weighted by molar-refractivity contribution is 0.264. The molecular formula is C16H25ClN2O. The summed E-state index contributed by atoms with van der Waals surface area (Å²) in [5.41, 5.74) is 1.14. The maximum atomic E-state index is 6.45. The molecule has 0 radical (unpaired) electrons. The summed E-state index contributed by atoms with van der Waals surface area (Å²) in [6.07, 6.45) is 2.37. The zero-order valence-corrected chi connectivity index (χ0v) is 13.4. The molecule has 1 fully saturated rings. The van der Waals surface area contributed by atoms with Crippen LogP contribution in [0.5, 0.6) is 5.75 Å². The molecule has 2 atom stereocenters. The van der Waals surface area contributed by atoms with Crippen LogP contribution in [0.1, 0.15) is 31.4 Å². The minimum absolute atomic E-state index is 0.336. The second kappa shape index (κ2) is 7.30. The molecule has 0 amide bonds. The molecule has 1 aliphatic rings. The molecule has 112 valence electrons.